The van der Waals surface area contributed by atoms with E-state index < -0.39 is 10.0 Å². The Kier molecular flexibility index (Phi) is 5.83. The summed E-state index contributed by atoms with van der Waals surface area (Å²) in [5.74, 6) is 1.17. The fourth-order valence-electron chi connectivity index (χ4n) is 3.60. The Labute approximate surface area is 190 Å². The van der Waals surface area contributed by atoms with Gasteiger partial charge >= 0.3 is 0 Å². The third-order valence-electron chi connectivity index (χ3n) is 5.22. The molecule has 32 heavy (non-hydrogen) atoms. The van der Waals surface area contributed by atoms with E-state index in [1.165, 1.54) is 11.3 Å². The molecule has 1 aromatic heterocycles. The Bertz CT molecular complexity index is 1300. The third kappa shape index (κ3) is 4.03. The van der Waals surface area contributed by atoms with Gasteiger partial charge in [-0.1, -0.05) is 0 Å². The summed E-state index contributed by atoms with van der Waals surface area (Å²) in [5, 5.41) is 2.03. The number of amides is 1. The number of likely N-dealkylation sites (N-methyl/N-ethyl adjacent to an activating group) is 1. The average Bonchev–Trinajstić information content (AvgIpc) is 3.22. The van der Waals surface area contributed by atoms with Crippen molar-refractivity contribution in [2.75, 3.05) is 29.9 Å². The zero-order valence-corrected chi connectivity index (χ0v) is 19.8. The molecule has 0 aliphatic carbocycles. The van der Waals surface area contributed by atoms with Crippen LogP contribution in [0, 0.1) is 13.8 Å². The number of benzene rings is 2. The minimum absolute atomic E-state index is 0.0209. The van der Waals surface area contributed by atoms with E-state index in [1.807, 2.05) is 19.1 Å². The summed E-state index contributed by atoms with van der Waals surface area (Å²) in [7, 11) is -2.28. The van der Waals surface area contributed by atoms with Gasteiger partial charge in [0.1, 0.15) is 11.5 Å². The van der Waals surface area contributed by atoms with E-state index in [-0.39, 0.29) is 22.5 Å². The second kappa shape index (κ2) is 8.44. The first-order chi connectivity index (χ1) is 15.2. The number of carbonyl (C=O) groups excluding carboxylic acids is 1. The van der Waals surface area contributed by atoms with Crippen LogP contribution in [0.15, 0.2) is 40.6 Å². The minimum atomic E-state index is -3.83. The zero-order valence-electron chi connectivity index (χ0n) is 18.1. The maximum absolute atomic E-state index is 13.0. The van der Waals surface area contributed by atoms with Crippen LogP contribution in [0.5, 0.6) is 11.5 Å². The van der Waals surface area contributed by atoms with Crippen molar-refractivity contribution in [3.8, 4) is 22.8 Å². The molecule has 10 heteroatoms. The molecule has 2 aromatic carbocycles. The van der Waals surface area contributed by atoms with Crippen LogP contribution in [0.4, 0.5) is 10.8 Å². The molecule has 168 valence electrons. The highest BCUT2D eigenvalue weighted by atomic mass is 32.2. The van der Waals surface area contributed by atoms with Gasteiger partial charge in [0, 0.05) is 17.5 Å². The van der Waals surface area contributed by atoms with E-state index >= 15 is 0 Å². The minimum Gasteiger partial charge on any atom is -0.496 e. The Morgan fingerprint density at radius 3 is 2.72 bits per heavy atom. The molecular formula is C22H23N3O5S2. The van der Waals surface area contributed by atoms with Gasteiger partial charge in [-0.15, -0.1) is 11.3 Å². The third-order valence-corrected chi connectivity index (χ3v) is 7.59. The van der Waals surface area contributed by atoms with Crippen LogP contribution in [0.1, 0.15) is 18.1 Å². The van der Waals surface area contributed by atoms with Crippen molar-refractivity contribution in [3.63, 3.8) is 0 Å². The summed E-state index contributed by atoms with van der Waals surface area (Å²) in [6.07, 6.45) is 0. The highest BCUT2D eigenvalue weighted by Gasteiger charge is 2.25. The molecule has 1 aliphatic heterocycles. The van der Waals surface area contributed by atoms with Crippen LogP contribution in [0.25, 0.3) is 11.3 Å². The number of ether oxygens (including phenoxy) is 2. The second-order valence-electron chi connectivity index (χ2n) is 7.34. The number of methoxy groups -OCH3 is 1. The second-order valence-corrected chi connectivity index (χ2v) is 9.85. The van der Waals surface area contributed by atoms with Crippen molar-refractivity contribution in [3.05, 3.63) is 46.8 Å². The number of carbonyl (C=O) groups is 1. The molecule has 1 amide bonds. The van der Waals surface area contributed by atoms with Crippen LogP contribution >= 0.6 is 11.3 Å². The van der Waals surface area contributed by atoms with E-state index in [4.69, 9.17) is 9.47 Å². The predicted molar refractivity (Wildman–Crippen MR) is 124 cm³/mol. The molecule has 0 saturated heterocycles. The Morgan fingerprint density at radius 1 is 1.22 bits per heavy atom. The smallest absolute Gasteiger partial charge is 0.265 e. The van der Waals surface area contributed by atoms with E-state index in [9.17, 15) is 13.2 Å². The molecule has 0 atom stereocenters. The van der Waals surface area contributed by atoms with E-state index in [0.717, 1.165) is 11.1 Å². The summed E-state index contributed by atoms with van der Waals surface area (Å²) < 4.78 is 39.3. The number of thiazole rings is 1. The Balaban J connectivity index is 1.62. The molecule has 1 N–H and O–H groups in total. The van der Waals surface area contributed by atoms with Gasteiger partial charge in [0.25, 0.3) is 15.9 Å². The summed E-state index contributed by atoms with van der Waals surface area (Å²) in [6, 6.07) is 8.76. The number of nitrogens with zero attached hydrogens (tertiary/aromatic N) is 2. The maximum atomic E-state index is 13.0. The van der Waals surface area contributed by atoms with E-state index in [1.54, 1.807) is 49.4 Å². The molecule has 2 heterocycles. The van der Waals surface area contributed by atoms with Crippen molar-refractivity contribution < 1.29 is 22.7 Å². The van der Waals surface area contributed by atoms with Crippen LogP contribution in [0.3, 0.4) is 0 Å². The van der Waals surface area contributed by atoms with Crippen molar-refractivity contribution >= 4 is 38.1 Å². The number of hydrogen-bond donors (Lipinski definition) is 1. The number of hydrogen-bond acceptors (Lipinski definition) is 7. The average molecular weight is 474 g/mol. The lowest BCUT2D eigenvalue weighted by atomic mass is 10.1. The normalized spacial score (nSPS) is 13.5. The van der Waals surface area contributed by atoms with Crippen molar-refractivity contribution in [2.45, 2.75) is 25.7 Å². The van der Waals surface area contributed by atoms with Gasteiger partial charge < -0.3 is 14.4 Å². The number of aromatic nitrogens is 1. The maximum Gasteiger partial charge on any atom is 0.265 e. The Hall–Kier alpha value is -3.11. The SMILES string of the molecule is CCN1C(=O)COc2ccc(-c3csc(NS(=O)(=O)c4cc(C)c(OC)cc4C)n3)cc21. The lowest BCUT2D eigenvalue weighted by Gasteiger charge is -2.28. The number of nitrogens with one attached hydrogen (secondary N) is 1. The molecule has 1 aliphatic rings. The molecule has 0 radical (unpaired) electrons. The largest absolute Gasteiger partial charge is 0.496 e. The van der Waals surface area contributed by atoms with Crippen LogP contribution in [0.2, 0.25) is 0 Å². The molecular weight excluding hydrogens is 450 g/mol. The standard InChI is InChI=1S/C22H23N3O5S2/c1-5-25-17-10-15(6-7-18(17)30-11-21(25)26)16-12-31-22(23-16)24-32(27,28)20-9-13(2)19(29-4)8-14(20)3/h6-10,12H,5,11H2,1-4H3,(H,23,24). The highest BCUT2D eigenvalue weighted by Crippen LogP contribution is 2.37. The monoisotopic (exact) mass is 473 g/mol. The summed E-state index contributed by atoms with van der Waals surface area (Å²) in [5.41, 5.74) is 3.35. The number of sulfonamides is 1. The molecule has 8 nitrogen and oxygen atoms in total. The molecule has 0 fully saturated rings. The zero-order chi connectivity index (χ0) is 23.0. The van der Waals surface area contributed by atoms with E-state index in [2.05, 4.69) is 9.71 Å². The molecule has 4 rings (SSSR count). The van der Waals surface area contributed by atoms with Gasteiger partial charge in [-0.2, -0.15) is 0 Å². The molecule has 0 spiro atoms. The van der Waals surface area contributed by atoms with Gasteiger partial charge in [0.2, 0.25) is 0 Å². The Morgan fingerprint density at radius 2 is 2.00 bits per heavy atom. The fraction of sp³-hybridized carbons (Fsp3) is 0.273. The molecule has 0 saturated carbocycles. The van der Waals surface area contributed by atoms with Crippen LogP contribution in [-0.2, 0) is 14.8 Å². The van der Waals surface area contributed by atoms with Crippen LogP contribution in [-0.4, -0.2) is 39.6 Å². The summed E-state index contributed by atoms with van der Waals surface area (Å²) >= 11 is 1.19. The topological polar surface area (TPSA) is 97.8 Å². The van der Waals surface area contributed by atoms with Gasteiger partial charge in [-0.05, 0) is 62.2 Å². The first-order valence-corrected chi connectivity index (χ1v) is 12.3. The highest BCUT2D eigenvalue weighted by molar-refractivity contribution is 7.93. The van der Waals surface area contributed by atoms with E-state index in [0.29, 0.717) is 35.0 Å². The van der Waals surface area contributed by atoms with Gasteiger partial charge in [0.15, 0.2) is 11.7 Å². The summed E-state index contributed by atoms with van der Waals surface area (Å²) in [4.78, 5) is 18.4. The van der Waals surface area contributed by atoms with Gasteiger partial charge in [0.05, 0.1) is 23.4 Å². The molecule has 0 unspecified atom stereocenters. The van der Waals surface area contributed by atoms with Crippen molar-refractivity contribution in [1.29, 1.82) is 0 Å². The first kappa shape index (κ1) is 22.1. The molecule has 3 aromatic rings. The number of rotatable bonds is 6. The van der Waals surface area contributed by atoms with Crippen molar-refractivity contribution in [2.24, 2.45) is 0 Å². The number of anilines is 2. The van der Waals surface area contributed by atoms with Crippen LogP contribution < -0.4 is 19.1 Å². The fourth-order valence-corrected chi connectivity index (χ4v) is 5.89. The number of aryl methyl sites for hydroxylation is 2. The number of fused-ring (bicyclic) bond motifs is 1. The lowest BCUT2D eigenvalue weighted by molar-refractivity contribution is -0.121. The quantitative estimate of drug-likeness (QED) is 0.582. The molecule has 0 bridgehead atoms. The lowest BCUT2D eigenvalue weighted by Crippen LogP contribution is -2.38. The summed E-state index contributed by atoms with van der Waals surface area (Å²) in [6.45, 7) is 5.97. The van der Waals surface area contributed by atoms with Gasteiger partial charge in [-0.25, -0.2) is 13.4 Å². The predicted octanol–water partition coefficient (Wildman–Crippen LogP) is 3.98. The van der Waals surface area contributed by atoms with Gasteiger partial charge in [-0.3, -0.25) is 9.52 Å². The van der Waals surface area contributed by atoms with Crippen molar-refractivity contribution in [1.82, 2.24) is 4.98 Å². The first-order valence-electron chi connectivity index (χ1n) is 9.94.